The van der Waals surface area contributed by atoms with Crippen molar-refractivity contribution in [1.82, 2.24) is 9.80 Å². The largest absolute Gasteiger partial charge is 0.376 e. The summed E-state index contributed by atoms with van der Waals surface area (Å²) in [4.78, 5) is 17.2. The average Bonchev–Trinajstić information content (AvgIpc) is 3.17. The van der Waals surface area contributed by atoms with E-state index in [2.05, 4.69) is 21.2 Å². The summed E-state index contributed by atoms with van der Waals surface area (Å²) in [5.41, 5.74) is 1.06. The third-order valence-corrected chi connectivity index (χ3v) is 5.62. The molecular formula is C21H30N4O2. The summed E-state index contributed by atoms with van der Waals surface area (Å²) in [5, 5.41) is 12.0. The molecule has 6 heteroatoms. The normalized spacial score (nSPS) is 22.3. The van der Waals surface area contributed by atoms with E-state index in [1.165, 1.54) is 32.4 Å². The molecule has 2 heterocycles. The smallest absolute Gasteiger partial charge is 0.241 e. The van der Waals surface area contributed by atoms with Crippen LogP contribution in [-0.2, 0) is 9.53 Å². The standard InChI is InChI=1S/C21H30N4O2/c1-17(21(26)23-20-8-4-3-7-18(20)15-22)25-12-9-19(16-25)27-14-13-24-10-5-2-6-11-24/h3-4,7-8,17,19H,2,5-6,9-14,16H2,1H3,(H,23,26)/t17-,19-/m0/s1. The molecule has 3 rings (SSSR count). The Morgan fingerprint density at radius 1 is 1.30 bits per heavy atom. The number of carbonyl (C=O) groups excluding carboxylic acids is 1. The number of piperidine rings is 1. The molecule has 1 aromatic rings. The van der Waals surface area contributed by atoms with Gasteiger partial charge in [0.2, 0.25) is 5.91 Å². The van der Waals surface area contributed by atoms with Gasteiger partial charge >= 0.3 is 0 Å². The molecule has 2 fully saturated rings. The van der Waals surface area contributed by atoms with E-state index in [1.54, 1.807) is 18.2 Å². The van der Waals surface area contributed by atoms with E-state index in [0.29, 0.717) is 11.3 Å². The number of anilines is 1. The predicted octanol–water partition coefficient (Wildman–Crippen LogP) is 2.46. The third kappa shape index (κ3) is 5.52. The van der Waals surface area contributed by atoms with Crippen LogP contribution in [0.4, 0.5) is 5.69 Å². The zero-order valence-corrected chi connectivity index (χ0v) is 16.2. The summed E-state index contributed by atoms with van der Waals surface area (Å²) < 4.78 is 6.06. The van der Waals surface area contributed by atoms with Crippen molar-refractivity contribution in [1.29, 1.82) is 5.26 Å². The molecule has 2 saturated heterocycles. The molecule has 2 aliphatic heterocycles. The molecule has 0 aromatic heterocycles. The highest BCUT2D eigenvalue weighted by Gasteiger charge is 2.30. The van der Waals surface area contributed by atoms with E-state index in [4.69, 9.17) is 10.00 Å². The molecule has 0 aliphatic carbocycles. The van der Waals surface area contributed by atoms with Gasteiger partial charge in [0, 0.05) is 19.6 Å². The first-order chi connectivity index (χ1) is 13.2. The number of nitriles is 1. The van der Waals surface area contributed by atoms with Crippen LogP contribution in [-0.4, -0.2) is 67.2 Å². The van der Waals surface area contributed by atoms with E-state index in [-0.39, 0.29) is 18.1 Å². The fraction of sp³-hybridized carbons (Fsp3) is 0.619. The first kappa shape index (κ1) is 19.8. The summed E-state index contributed by atoms with van der Waals surface area (Å²) in [5.74, 6) is -0.0772. The summed E-state index contributed by atoms with van der Waals surface area (Å²) in [7, 11) is 0. The lowest BCUT2D eigenvalue weighted by molar-refractivity contribution is -0.120. The Kier molecular flexibility index (Phi) is 7.22. The predicted molar refractivity (Wildman–Crippen MR) is 105 cm³/mol. The molecule has 0 radical (unpaired) electrons. The molecule has 1 amide bonds. The highest BCUT2D eigenvalue weighted by atomic mass is 16.5. The molecule has 1 N–H and O–H groups in total. The van der Waals surface area contributed by atoms with Crippen molar-refractivity contribution in [2.24, 2.45) is 0 Å². The Morgan fingerprint density at radius 3 is 2.85 bits per heavy atom. The molecule has 27 heavy (non-hydrogen) atoms. The molecule has 6 nitrogen and oxygen atoms in total. The van der Waals surface area contributed by atoms with E-state index in [1.807, 2.05) is 13.0 Å². The van der Waals surface area contributed by atoms with Gasteiger partial charge < -0.3 is 15.0 Å². The van der Waals surface area contributed by atoms with E-state index in [0.717, 1.165) is 32.7 Å². The Labute approximate surface area is 162 Å². The number of hydrogen-bond donors (Lipinski definition) is 1. The van der Waals surface area contributed by atoms with Crippen LogP contribution < -0.4 is 5.32 Å². The summed E-state index contributed by atoms with van der Waals surface area (Å²) in [6.07, 6.45) is 5.13. The van der Waals surface area contributed by atoms with Gasteiger partial charge in [-0.2, -0.15) is 5.26 Å². The number of amides is 1. The van der Waals surface area contributed by atoms with Gasteiger partial charge in [0.25, 0.3) is 0 Å². The number of nitrogens with zero attached hydrogens (tertiary/aromatic N) is 3. The van der Waals surface area contributed by atoms with Gasteiger partial charge in [-0.1, -0.05) is 18.6 Å². The number of carbonyl (C=O) groups is 1. The second-order valence-electron chi connectivity index (χ2n) is 7.50. The SMILES string of the molecule is C[C@@H](C(=O)Nc1ccccc1C#N)N1CC[C@H](OCCN2CCCCC2)C1. The zero-order valence-electron chi connectivity index (χ0n) is 16.2. The molecule has 146 valence electrons. The first-order valence-electron chi connectivity index (χ1n) is 10.1. The molecular weight excluding hydrogens is 340 g/mol. The number of benzene rings is 1. The summed E-state index contributed by atoms with van der Waals surface area (Å²) in [6.45, 7) is 7.74. The van der Waals surface area contributed by atoms with Crippen LogP contribution in [0, 0.1) is 11.3 Å². The fourth-order valence-corrected chi connectivity index (χ4v) is 3.87. The highest BCUT2D eigenvalue weighted by molar-refractivity contribution is 5.95. The molecule has 2 aliphatic rings. The average molecular weight is 370 g/mol. The second kappa shape index (κ2) is 9.84. The van der Waals surface area contributed by atoms with E-state index < -0.39 is 0 Å². The molecule has 0 bridgehead atoms. The zero-order chi connectivity index (χ0) is 19.1. The van der Waals surface area contributed by atoms with E-state index in [9.17, 15) is 4.79 Å². The molecule has 1 aromatic carbocycles. The van der Waals surface area contributed by atoms with E-state index >= 15 is 0 Å². The van der Waals surface area contributed by atoms with Crippen molar-refractivity contribution in [3.05, 3.63) is 29.8 Å². The van der Waals surface area contributed by atoms with Crippen LogP contribution in [0.25, 0.3) is 0 Å². The quantitative estimate of drug-likeness (QED) is 0.798. The van der Waals surface area contributed by atoms with Gasteiger partial charge in [-0.25, -0.2) is 0 Å². The van der Waals surface area contributed by atoms with Gasteiger partial charge in [-0.05, 0) is 51.4 Å². The van der Waals surface area contributed by atoms with Crippen molar-refractivity contribution in [3.8, 4) is 6.07 Å². The minimum atomic E-state index is -0.243. The summed E-state index contributed by atoms with van der Waals surface area (Å²) >= 11 is 0. The van der Waals surface area contributed by atoms with Crippen LogP contribution in [0.15, 0.2) is 24.3 Å². The highest BCUT2D eigenvalue weighted by Crippen LogP contribution is 2.19. The van der Waals surface area contributed by atoms with Crippen LogP contribution in [0.3, 0.4) is 0 Å². The minimum Gasteiger partial charge on any atom is -0.376 e. The van der Waals surface area contributed by atoms with Crippen LogP contribution >= 0.6 is 0 Å². The van der Waals surface area contributed by atoms with Crippen LogP contribution in [0.2, 0.25) is 0 Å². The number of nitrogens with one attached hydrogen (secondary N) is 1. The maximum atomic E-state index is 12.6. The van der Waals surface area contributed by atoms with Crippen LogP contribution in [0.5, 0.6) is 0 Å². The number of rotatable bonds is 7. The number of hydrogen-bond acceptors (Lipinski definition) is 5. The van der Waals surface area contributed by atoms with Crippen molar-refractivity contribution >= 4 is 11.6 Å². The fourth-order valence-electron chi connectivity index (χ4n) is 3.87. The van der Waals surface area contributed by atoms with Gasteiger partial charge in [-0.15, -0.1) is 0 Å². The Bertz CT molecular complexity index is 666. The van der Waals surface area contributed by atoms with Crippen molar-refractivity contribution in [3.63, 3.8) is 0 Å². The molecule has 2 atom stereocenters. The van der Waals surface area contributed by atoms with Crippen molar-refractivity contribution < 1.29 is 9.53 Å². The second-order valence-corrected chi connectivity index (χ2v) is 7.50. The Balaban J connectivity index is 1.42. The van der Waals surface area contributed by atoms with Crippen molar-refractivity contribution in [2.45, 2.75) is 44.8 Å². The number of para-hydroxylation sites is 1. The Hall–Kier alpha value is -1.94. The lowest BCUT2D eigenvalue weighted by Crippen LogP contribution is -2.41. The maximum Gasteiger partial charge on any atom is 0.241 e. The van der Waals surface area contributed by atoms with Gasteiger partial charge in [0.15, 0.2) is 0 Å². The molecule has 0 unspecified atom stereocenters. The topological polar surface area (TPSA) is 68.6 Å². The Morgan fingerprint density at radius 2 is 2.07 bits per heavy atom. The third-order valence-electron chi connectivity index (χ3n) is 5.62. The molecule has 0 saturated carbocycles. The van der Waals surface area contributed by atoms with Gasteiger partial charge in [0.05, 0.1) is 30.0 Å². The number of likely N-dealkylation sites (tertiary alicyclic amines) is 2. The molecule has 0 spiro atoms. The monoisotopic (exact) mass is 370 g/mol. The van der Waals surface area contributed by atoms with Crippen molar-refractivity contribution in [2.75, 3.05) is 44.6 Å². The van der Waals surface area contributed by atoms with Gasteiger partial charge in [0.1, 0.15) is 6.07 Å². The minimum absolute atomic E-state index is 0.0772. The summed E-state index contributed by atoms with van der Waals surface area (Å²) in [6, 6.07) is 8.96. The lowest BCUT2D eigenvalue weighted by atomic mass is 10.1. The van der Waals surface area contributed by atoms with Crippen LogP contribution in [0.1, 0.15) is 38.2 Å². The lowest BCUT2D eigenvalue weighted by Gasteiger charge is -2.27. The first-order valence-corrected chi connectivity index (χ1v) is 10.1. The number of ether oxygens (including phenoxy) is 1. The van der Waals surface area contributed by atoms with Gasteiger partial charge in [-0.3, -0.25) is 9.69 Å². The maximum absolute atomic E-state index is 12.6.